The fourth-order valence-corrected chi connectivity index (χ4v) is 3.80. The molecule has 1 aromatic carbocycles. The summed E-state index contributed by atoms with van der Waals surface area (Å²) >= 11 is 0. The molecular formula is C26H29F2N3O2. The van der Waals surface area contributed by atoms with E-state index in [9.17, 15) is 13.6 Å². The summed E-state index contributed by atoms with van der Waals surface area (Å²) in [5.74, 6) is -0.381. The molecule has 1 fully saturated rings. The first-order valence-electron chi connectivity index (χ1n) is 11.3. The van der Waals surface area contributed by atoms with Crippen molar-refractivity contribution in [2.75, 3.05) is 19.7 Å². The summed E-state index contributed by atoms with van der Waals surface area (Å²) in [5.41, 5.74) is 2.77. The minimum absolute atomic E-state index is 0.0746. The first kappa shape index (κ1) is 24.3. The number of halogens is 2. The highest BCUT2D eigenvalue weighted by atomic mass is 19.1. The molecular weight excluding hydrogens is 424 g/mol. The van der Waals surface area contributed by atoms with Crippen LogP contribution in [0.2, 0.25) is 0 Å². The van der Waals surface area contributed by atoms with Crippen molar-refractivity contribution in [1.82, 2.24) is 14.9 Å². The summed E-state index contributed by atoms with van der Waals surface area (Å²) < 4.78 is 32.0. The van der Waals surface area contributed by atoms with Gasteiger partial charge in [-0.2, -0.15) is 0 Å². The molecule has 1 amide bonds. The Bertz CT molecular complexity index is 1060. The number of carbonyl (C=O) groups is 1. The van der Waals surface area contributed by atoms with Crippen LogP contribution in [0.4, 0.5) is 8.78 Å². The van der Waals surface area contributed by atoms with Gasteiger partial charge in [-0.25, -0.2) is 13.8 Å². The Morgan fingerprint density at radius 3 is 2.45 bits per heavy atom. The lowest BCUT2D eigenvalue weighted by molar-refractivity contribution is 0.0632. The van der Waals surface area contributed by atoms with Crippen LogP contribution in [0.3, 0.4) is 0 Å². The average molecular weight is 454 g/mol. The Kier molecular flexibility index (Phi) is 8.46. The normalized spacial score (nSPS) is 15.4. The number of aryl methyl sites for hydroxylation is 1. The summed E-state index contributed by atoms with van der Waals surface area (Å²) in [7, 11) is 0. The van der Waals surface area contributed by atoms with Gasteiger partial charge in [0.25, 0.3) is 5.91 Å². The zero-order valence-electron chi connectivity index (χ0n) is 19.2. The Hall–Kier alpha value is -3.35. The van der Waals surface area contributed by atoms with Gasteiger partial charge in [0.1, 0.15) is 11.6 Å². The quantitative estimate of drug-likeness (QED) is 0.498. The van der Waals surface area contributed by atoms with Crippen LogP contribution in [0.1, 0.15) is 42.6 Å². The number of pyridine rings is 2. The topological polar surface area (TPSA) is 55.3 Å². The molecule has 4 rings (SSSR count). The molecule has 174 valence electrons. The van der Waals surface area contributed by atoms with Gasteiger partial charge in [0.05, 0.1) is 24.7 Å². The maximum Gasteiger partial charge on any atom is 0.254 e. The number of hydrogen-bond acceptors (Lipinski definition) is 4. The van der Waals surface area contributed by atoms with Gasteiger partial charge in [-0.1, -0.05) is 31.5 Å². The van der Waals surface area contributed by atoms with E-state index in [4.69, 9.17) is 4.74 Å². The predicted octanol–water partition coefficient (Wildman–Crippen LogP) is 5.69. The molecule has 0 radical (unpaired) electrons. The van der Waals surface area contributed by atoms with Crippen molar-refractivity contribution in [2.45, 2.75) is 33.6 Å². The van der Waals surface area contributed by atoms with Crippen LogP contribution in [-0.4, -0.2) is 40.5 Å². The second-order valence-electron chi connectivity index (χ2n) is 7.80. The van der Waals surface area contributed by atoms with Gasteiger partial charge in [-0.3, -0.25) is 9.78 Å². The fourth-order valence-electron chi connectivity index (χ4n) is 3.80. The van der Waals surface area contributed by atoms with Crippen LogP contribution in [0.5, 0.6) is 5.88 Å². The van der Waals surface area contributed by atoms with Crippen LogP contribution < -0.4 is 4.74 Å². The van der Waals surface area contributed by atoms with E-state index >= 15 is 0 Å². The maximum absolute atomic E-state index is 13.4. The van der Waals surface area contributed by atoms with E-state index in [2.05, 4.69) is 9.97 Å². The lowest BCUT2D eigenvalue weighted by atomic mass is 9.96. The molecule has 0 bridgehead atoms. The van der Waals surface area contributed by atoms with Gasteiger partial charge in [0, 0.05) is 36.2 Å². The van der Waals surface area contributed by atoms with E-state index in [0.717, 1.165) is 30.8 Å². The van der Waals surface area contributed by atoms with Crippen molar-refractivity contribution in [2.24, 2.45) is 5.92 Å². The number of nitrogens with zero attached hydrogens (tertiary/aromatic N) is 3. The van der Waals surface area contributed by atoms with Crippen LogP contribution in [0.25, 0.3) is 11.3 Å². The number of likely N-dealkylation sites (tertiary alicyclic amines) is 1. The number of amides is 1. The summed E-state index contributed by atoms with van der Waals surface area (Å²) in [6.45, 7) is 7.56. The molecule has 1 atom stereocenters. The van der Waals surface area contributed by atoms with Gasteiger partial charge < -0.3 is 9.64 Å². The third-order valence-electron chi connectivity index (χ3n) is 5.38. The summed E-state index contributed by atoms with van der Waals surface area (Å²) in [4.78, 5) is 23.3. The number of benzene rings is 1. The second kappa shape index (κ2) is 11.5. The zero-order chi connectivity index (χ0) is 23.8. The fraction of sp³-hybridized carbons (Fsp3) is 0.346. The molecule has 3 aromatic rings. The smallest absolute Gasteiger partial charge is 0.254 e. The number of rotatable bonds is 5. The monoisotopic (exact) mass is 453 g/mol. The third kappa shape index (κ3) is 6.34. The van der Waals surface area contributed by atoms with Crippen molar-refractivity contribution < 1.29 is 18.3 Å². The summed E-state index contributed by atoms with van der Waals surface area (Å²) in [6.07, 6.45) is 4.08. The predicted molar refractivity (Wildman–Crippen MR) is 124 cm³/mol. The van der Waals surface area contributed by atoms with Crippen LogP contribution >= 0.6 is 0 Å². The Morgan fingerprint density at radius 1 is 1.06 bits per heavy atom. The molecule has 33 heavy (non-hydrogen) atoms. The number of hydrogen-bond donors (Lipinski definition) is 0. The van der Waals surface area contributed by atoms with Crippen LogP contribution in [0, 0.1) is 24.5 Å². The number of carbonyl (C=O) groups excluding carboxylic acids is 1. The van der Waals surface area contributed by atoms with Crippen molar-refractivity contribution in [3.05, 3.63) is 77.6 Å². The Morgan fingerprint density at radius 2 is 1.79 bits per heavy atom. The zero-order valence-corrected chi connectivity index (χ0v) is 19.2. The van der Waals surface area contributed by atoms with E-state index in [0.29, 0.717) is 42.4 Å². The molecule has 1 aliphatic heterocycles. The van der Waals surface area contributed by atoms with Crippen molar-refractivity contribution >= 4 is 5.91 Å². The maximum atomic E-state index is 13.4. The van der Waals surface area contributed by atoms with Gasteiger partial charge in [-0.15, -0.1) is 0 Å². The minimum atomic E-state index is -0.418. The molecule has 5 nitrogen and oxygen atoms in total. The molecule has 2 aromatic heterocycles. The number of aromatic nitrogens is 2. The average Bonchev–Trinajstić information content (AvgIpc) is 2.85. The SMILES string of the molecule is CC.Cc1ccc(-c2ccc(F)cn2)c(C(=O)N2CCCC(COc3ccc(F)cn3)C2)c1. The van der Waals surface area contributed by atoms with Crippen LogP contribution in [0.15, 0.2) is 54.9 Å². The van der Waals surface area contributed by atoms with Gasteiger partial charge in [-0.05, 0) is 44.0 Å². The Labute approximate surface area is 193 Å². The first-order valence-corrected chi connectivity index (χ1v) is 11.3. The van der Waals surface area contributed by atoms with Gasteiger partial charge >= 0.3 is 0 Å². The summed E-state index contributed by atoms with van der Waals surface area (Å²) in [5, 5.41) is 0. The van der Waals surface area contributed by atoms with E-state index in [1.54, 1.807) is 6.07 Å². The lowest BCUT2D eigenvalue weighted by Crippen LogP contribution is -2.41. The van der Waals surface area contributed by atoms with Crippen molar-refractivity contribution in [1.29, 1.82) is 0 Å². The largest absolute Gasteiger partial charge is 0.477 e. The number of ether oxygens (including phenoxy) is 1. The molecule has 0 N–H and O–H groups in total. The minimum Gasteiger partial charge on any atom is -0.477 e. The first-order chi connectivity index (χ1) is 16.0. The molecule has 0 aliphatic carbocycles. The molecule has 3 heterocycles. The highest BCUT2D eigenvalue weighted by molar-refractivity contribution is 6.00. The van der Waals surface area contributed by atoms with E-state index < -0.39 is 11.6 Å². The molecule has 1 saturated heterocycles. The van der Waals surface area contributed by atoms with Crippen molar-refractivity contribution in [3.63, 3.8) is 0 Å². The molecule has 0 saturated carbocycles. The highest BCUT2D eigenvalue weighted by Crippen LogP contribution is 2.27. The number of piperidine rings is 1. The third-order valence-corrected chi connectivity index (χ3v) is 5.38. The molecule has 1 unspecified atom stereocenters. The van der Waals surface area contributed by atoms with Gasteiger partial charge in [0.15, 0.2) is 0 Å². The van der Waals surface area contributed by atoms with Gasteiger partial charge in [0.2, 0.25) is 5.88 Å². The molecule has 7 heteroatoms. The van der Waals surface area contributed by atoms with Crippen LogP contribution in [-0.2, 0) is 0 Å². The highest BCUT2D eigenvalue weighted by Gasteiger charge is 2.27. The molecule has 0 spiro atoms. The van der Waals surface area contributed by atoms with Crippen molar-refractivity contribution in [3.8, 4) is 17.1 Å². The van der Waals surface area contributed by atoms with E-state index in [-0.39, 0.29) is 11.8 Å². The lowest BCUT2D eigenvalue weighted by Gasteiger charge is -2.33. The molecule has 1 aliphatic rings. The van der Waals surface area contributed by atoms with E-state index in [1.165, 1.54) is 18.2 Å². The summed E-state index contributed by atoms with van der Waals surface area (Å²) in [6, 6.07) is 11.4. The second-order valence-corrected chi connectivity index (χ2v) is 7.80. The standard InChI is InChI=1S/C24H23F2N3O2.C2H6/c1-16-4-7-20(22-8-5-18(25)12-27-22)21(11-16)24(30)29-10-2-3-17(14-29)15-31-23-9-6-19(26)13-28-23;1-2/h4-9,11-13,17H,2-3,10,14-15H2,1H3;1-2H3. The Balaban J connectivity index is 0.00000149. The van der Waals surface area contributed by atoms with E-state index in [1.807, 2.05) is 43.9 Å².